The minimum atomic E-state index is -0.887. The summed E-state index contributed by atoms with van der Waals surface area (Å²) in [7, 11) is 4.07. The molecule has 4 atom stereocenters. The number of fused-ring (bicyclic) bond motifs is 2. The molecule has 5 rings (SSSR count). The number of rotatable bonds is 12. The Hall–Kier alpha value is -4.09. The number of nitrogens with zero attached hydrogens (tertiary/aromatic N) is 3. The summed E-state index contributed by atoms with van der Waals surface area (Å²) in [4.78, 5) is 51.1. The predicted octanol–water partition coefficient (Wildman–Crippen LogP) is 4.95. The normalized spacial score (nSPS) is 17.0. The fourth-order valence-corrected chi connectivity index (χ4v) is 7.03. The van der Waals surface area contributed by atoms with Gasteiger partial charge in [0.15, 0.2) is 0 Å². The zero-order valence-electron chi connectivity index (χ0n) is 29.3. The maximum absolute atomic E-state index is 14.3. The molecule has 1 fully saturated rings. The summed E-state index contributed by atoms with van der Waals surface area (Å²) in [5, 5.41) is 18.6. The lowest BCUT2D eigenvalue weighted by molar-refractivity contribution is -0.125. The molecule has 1 saturated heterocycles. The number of unbranched alkanes of at least 4 members (excludes halogenated alkanes) is 1. The Morgan fingerprint density at radius 3 is 2.35 bits per heavy atom. The van der Waals surface area contributed by atoms with Crippen LogP contribution in [0.4, 0.5) is 4.79 Å². The van der Waals surface area contributed by atoms with Crippen LogP contribution in [0.5, 0.6) is 0 Å². The second-order valence-corrected chi connectivity index (χ2v) is 14.8. The molecule has 3 heterocycles. The molecule has 0 saturated carbocycles. The van der Waals surface area contributed by atoms with Gasteiger partial charge in [-0.3, -0.25) is 9.36 Å². The van der Waals surface area contributed by atoms with E-state index in [2.05, 4.69) is 25.5 Å². The van der Waals surface area contributed by atoms with E-state index in [-0.39, 0.29) is 29.6 Å². The molecule has 260 valence electrons. The number of imidazole rings is 1. The average molecular weight is 660 g/mol. The Bertz CT molecular complexity index is 1740. The highest BCUT2D eigenvalue weighted by atomic mass is 16.3. The monoisotopic (exact) mass is 659 g/mol. The number of amides is 3. The number of likely N-dealkylation sites (tertiary alicyclic amines) is 1. The standard InChI is InChI=1S/C37H53N7O4/c1-24(27-23-38-28-14-8-7-13-26(27)28)32(34(46)39-30(33(45)37(2,3)4)16-11-12-20-42(5)6)41-35(47)43-21-18-25(19-22-43)44-31-17-10-9-15-29(31)40-36(44)48/h7-10,13-15,17,23-25,30,32-33,38,45H,11-12,16,18-22H2,1-6H3,(H,39,46)(H,40,48)(H,41,47)/t24-,30?,32+,33-/m0/s1. The molecule has 5 N–H and O–H groups in total. The quantitative estimate of drug-likeness (QED) is 0.137. The molecular formula is C37H53N7O4. The number of nitrogens with one attached hydrogen (secondary N) is 4. The fourth-order valence-electron chi connectivity index (χ4n) is 7.03. The van der Waals surface area contributed by atoms with Crippen molar-refractivity contribution < 1.29 is 14.7 Å². The number of urea groups is 1. The Labute approximate surface area is 283 Å². The maximum atomic E-state index is 14.3. The van der Waals surface area contributed by atoms with Gasteiger partial charge in [0.05, 0.1) is 23.2 Å². The number of aromatic amines is 2. The molecule has 0 spiro atoms. The number of hydrogen-bond donors (Lipinski definition) is 5. The van der Waals surface area contributed by atoms with E-state index in [0.717, 1.165) is 46.9 Å². The second-order valence-electron chi connectivity index (χ2n) is 14.8. The molecule has 2 aromatic carbocycles. The van der Waals surface area contributed by atoms with Crippen molar-refractivity contribution in [2.45, 2.75) is 89.9 Å². The summed E-state index contributed by atoms with van der Waals surface area (Å²) in [6.45, 7) is 9.70. The number of hydrogen-bond acceptors (Lipinski definition) is 5. The molecule has 0 radical (unpaired) electrons. The van der Waals surface area contributed by atoms with Crippen LogP contribution in [0.2, 0.25) is 0 Å². The first-order valence-electron chi connectivity index (χ1n) is 17.3. The number of benzene rings is 2. The SMILES string of the molecule is C[C@@H](c1c[nH]c2ccccc12)[C@@H](NC(=O)N1CCC(n2c(=O)[nH]c3ccccc32)CC1)C(=O)NC(CCCCN(C)C)[C@H](O)C(C)(C)C. The molecule has 0 aliphatic carbocycles. The van der Waals surface area contributed by atoms with Gasteiger partial charge >= 0.3 is 11.7 Å². The van der Waals surface area contributed by atoms with Crippen molar-refractivity contribution in [3.05, 3.63) is 70.8 Å². The van der Waals surface area contributed by atoms with Gasteiger partial charge in [-0.1, -0.05) is 64.4 Å². The van der Waals surface area contributed by atoms with Crippen molar-refractivity contribution in [3.63, 3.8) is 0 Å². The molecule has 1 aliphatic rings. The molecule has 0 bridgehead atoms. The number of piperidine rings is 1. The van der Waals surface area contributed by atoms with Crippen LogP contribution in [0.1, 0.15) is 77.3 Å². The number of aromatic nitrogens is 3. The van der Waals surface area contributed by atoms with Crippen LogP contribution in [0.25, 0.3) is 21.9 Å². The van der Waals surface area contributed by atoms with E-state index in [9.17, 15) is 19.5 Å². The Morgan fingerprint density at radius 1 is 1.00 bits per heavy atom. The third-order valence-corrected chi connectivity index (χ3v) is 9.88. The van der Waals surface area contributed by atoms with Crippen LogP contribution in [-0.2, 0) is 4.79 Å². The van der Waals surface area contributed by atoms with E-state index in [1.807, 2.05) is 96.5 Å². The van der Waals surface area contributed by atoms with Gasteiger partial charge in [0.1, 0.15) is 6.04 Å². The van der Waals surface area contributed by atoms with Gasteiger partial charge in [0.25, 0.3) is 0 Å². The van der Waals surface area contributed by atoms with Gasteiger partial charge < -0.3 is 35.5 Å². The first kappa shape index (κ1) is 35.2. The van der Waals surface area contributed by atoms with Crippen LogP contribution in [0.3, 0.4) is 0 Å². The van der Waals surface area contributed by atoms with Gasteiger partial charge in [-0.2, -0.15) is 0 Å². The Balaban J connectivity index is 1.34. The lowest BCUT2D eigenvalue weighted by atomic mass is 9.82. The number of carbonyl (C=O) groups excluding carboxylic acids is 2. The second kappa shape index (κ2) is 15.0. The Morgan fingerprint density at radius 2 is 1.67 bits per heavy atom. The average Bonchev–Trinajstić information content (AvgIpc) is 3.64. The lowest BCUT2D eigenvalue weighted by Gasteiger charge is -2.36. The fraction of sp³-hybridized carbons (Fsp3) is 0.541. The molecule has 11 nitrogen and oxygen atoms in total. The number of aliphatic hydroxyl groups excluding tert-OH is 1. The topological polar surface area (TPSA) is 138 Å². The number of H-pyrrole nitrogens is 2. The zero-order valence-corrected chi connectivity index (χ0v) is 29.3. The first-order chi connectivity index (χ1) is 22.8. The van der Waals surface area contributed by atoms with Crippen LogP contribution in [-0.4, -0.2) is 93.3 Å². The molecule has 1 unspecified atom stereocenters. The third-order valence-electron chi connectivity index (χ3n) is 9.88. The summed E-state index contributed by atoms with van der Waals surface area (Å²) in [5.74, 6) is -0.684. The largest absolute Gasteiger partial charge is 0.390 e. The van der Waals surface area contributed by atoms with Gasteiger partial charge in [-0.05, 0) is 75.5 Å². The van der Waals surface area contributed by atoms with Crippen LogP contribution < -0.4 is 16.3 Å². The number of aliphatic hydroxyl groups is 1. The third kappa shape index (κ3) is 7.95. The summed E-state index contributed by atoms with van der Waals surface area (Å²) < 4.78 is 1.80. The van der Waals surface area contributed by atoms with E-state index < -0.39 is 23.6 Å². The molecule has 2 aromatic heterocycles. The lowest BCUT2D eigenvalue weighted by Crippen LogP contribution is -2.58. The summed E-state index contributed by atoms with van der Waals surface area (Å²) in [6.07, 6.45) is 4.80. The highest BCUT2D eigenvalue weighted by molar-refractivity contribution is 5.90. The van der Waals surface area contributed by atoms with Gasteiger partial charge in [-0.25, -0.2) is 9.59 Å². The van der Waals surface area contributed by atoms with Crippen LogP contribution >= 0.6 is 0 Å². The highest BCUT2D eigenvalue weighted by Crippen LogP contribution is 2.30. The zero-order chi connectivity index (χ0) is 34.6. The van der Waals surface area contributed by atoms with Gasteiger partial charge in [0, 0.05) is 42.1 Å². The van der Waals surface area contributed by atoms with Crippen molar-refractivity contribution in [2.24, 2.45) is 5.41 Å². The molecule has 3 amide bonds. The minimum Gasteiger partial charge on any atom is -0.390 e. The van der Waals surface area contributed by atoms with E-state index in [0.29, 0.717) is 32.4 Å². The molecule has 11 heteroatoms. The van der Waals surface area contributed by atoms with E-state index in [1.54, 1.807) is 9.47 Å². The summed E-state index contributed by atoms with van der Waals surface area (Å²) in [5.41, 5.74) is 2.97. The predicted molar refractivity (Wildman–Crippen MR) is 191 cm³/mol. The van der Waals surface area contributed by atoms with E-state index in [4.69, 9.17) is 0 Å². The molecule has 48 heavy (non-hydrogen) atoms. The summed E-state index contributed by atoms with van der Waals surface area (Å²) >= 11 is 0. The van der Waals surface area contributed by atoms with E-state index in [1.165, 1.54) is 0 Å². The smallest absolute Gasteiger partial charge is 0.326 e. The minimum absolute atomic E-state index is 0.0333. The number of carbonyl (C=O) groups is 2. The number of para-hydroxylation sites is 3. The maximum Gasteiger partial charge on any atom is 0.326 e. The van der Waals surface area contributed by atoms with Crippen LogP contribution in [0.15, 0.2) is 59.5 Å². The van der Waals surface area contributed by atoms with Gasteiger partial charge in [-0.15, -0.1) is 0 Å². The molecular weight excluding hydrogens is 606 g/mol. The Kier molecular flexibility index (Phi) is 11.0. The molecule has 4 aromatic rings. The van der Waals surface area contributed by atoms with Crippen molar-refractivity contribution in [1.29, 1.82) is 0 Å². The van der Waals surface area contributed by atoms with Crippen molar-refractivity contribution in [1.82, 2.24) is 35.0 Å². The first-order valence-corrected chi connectivity index (χ1v) is 17.3. The van der Waals surface area contributed by atoms with Crippen LogP contribution in [0, 0.1) is 5.41 Å². The van der Waals surface area contributed by atoms with Gasteiger partial charge in [0.2, 0.25) is 5.91 Å². The molecule has 1 aliphatic heterocycles. The van der Waals surface area contributed by atoms with E-state index >= 15 is 0 Å². The van der Waals surface area contributed by atoms with Crippen molar-refractivity contribution >= 4 is 33.9 Å². The van der Waals surface area contributed by atoms with Crippen molar-refractivity contribution in [2.75, 3.05) is 33.7 Å². The highest BCUT2D eigenvalue weighted by Gasteiger charge is 2.37. The van der Waals surface area contributed by atoms with Crippen molar-refractivity contribution in [3.8, 4) is 0 Å². The summed E-state index contributed by atoms with van der Waals surface area (Å²) in [6, 6.07) is 13.9.